The van der Waals surface area contributed by atoms with Crippen LogP contribution >= 0.6 is 0 Å². The number of carboxylic acid groups (broad SMARTS) is 1. The van der Waals surface area contributed by atoms with Crippen LogP contribution < -0.4 is 0 Å². The fraction of sp³-hybridized carbons (Fsp3) is 0.464. The third kappa shape index (κ3) is 7.82. The number of carboxylic acids is 1. The number of aliphatic carboxylic acids is 1. The molecule has 0 amide bonds. The molecule has 1 aliphatic carbocycles. The van der Waals surface area contributed by atoms with Crippen LogP contribution in [0.2, 0.25) is 0 Å². The highest BCUT2D eigenvalue weighted by atomic mass is 16.4. The fourth-order valence-electron chi connectivity index (χ4n) is 3.76. The van der Waals surface area contributed by atoms with Crippen LogP contribution in [0.3, 0.4) is 0 Å². The van der Waals surface area contributed by atoms with Gasteiger partial charge in [0, 0.05) is 0 Å². The van der Waals surface area contributed by atoms with Crippen molar-refractivity contribution in [3.63, 3.8) is 0 Å². The summed E-state index contributed by atoms with van der Waals surface area (Å²) in [6, 6.07) is 0. The van der Waals surface area contributed by atoms with Crippen LogP contribution in [0.15, 0.2) is 82.5 Å². The van der Waals surface area contributed by atoms with Gasteiger partial charge in [-0.2, -0.15) is 0 Å². The molecule has 0 aromatic heterocycles. The van der Waals surface area contributed by atoms with E-state index in [0.717, 1.165) is 35.1 Å². The van der Waals surface area contributed by atoms with Gasteiger partial charge in [0.25, 0.3) is 0 Å². The molecule has 0 atom stereocenters. The Hall–Kier alpha value is -2.35. The van der Waals surface area contributed by atoms with Crippen molar-refractivity contribution in [3.8, 4) is 0 Å². The number of rotatable bonds is 6. The molecule has 0 aliphatic heterocycles. The average Bonchev–Trinajstić information content (AvgIpc) is 2.55. The van der Waals surface area contributed by atoms with Crippen molar-refractivity contribution in [1.82, 2.24) is 0 Å². The molecule has 0 radical (unpaired) electrons. The summed E-state index contributed by atoms with van der Waals surface area (Å²) < 4.78 is 0. The first-order valence-corrected chi connectivity index (χ1v) is 10.7. The first-order chi connectivity index (χ1) is 13.6. The predicted molar refractivity (Wildman–Crippen MR) is 130 cm³/mol. The van der Waals surface area contributed by atoms with Gasteiger partial charge < -0.3 is 5.11 Å². The van der Waals surface area contributed by atoms with Crippen molar-refractivity contribution < 1.29 is 9.90 Å². The highest BCUT2D eigenvalue weighted by Gasteiger charge is 2.21. The third-order valence-electron chi connectivity index (χ3n) is 5.20. The molecule has 0 bridgehead atoms. The molecule has 2 heteroatoms. The van der Waals surface area contributed by atoms with Gasteiger partial charge in [-0.05, 0) is 77.9 Å². The molecule has 0 saturated heterocycles. The summed E-state index contributed by atoms with van der Waals surface area (Å²) >= 11 is 0. The van der Waals surface area contributed by atoms with Crippen molar-refractivity contribution in [1.29, 1.82) is 0 Å². The topological polar surface area (TPSA) is 37.3 Å². The second kappa shape index (κ2) is 10.1. The summed E-state index contributed by atoms with van der Waals surface area (Å²) in [5.41, 5.74) is 7.06. The predicted octanol–water partition coefficient (Wildman–Crippen LogP) is 8.13. The fourth-order valence-corrected chi connectivity index (χ4v) is 3.76. The van der Waals surface area contributed by atoms with Gasteiger partial charge in [-0.1, -0.05) is 84.6 Å². The standard InChI is InChI=1S/C28H40O2/c1-19(17-25(28(8,9)10)20(2)18-27(5,6)7)21(3)22(4)23-13-11-12-14-24(16-15-23)26(29)30/h13-17H,3-4,11-12,18H2,1-2,5-10H3,(H,29,30)/b16-15?,19-17-,23-13?,24-14-,25-20-. The number of carbonyl (C=O) groups is 1. The zero-order chi connectivity index (χ0) is 23.3. The van der Waals surface area contributed by atoms with Crippen molar-refractivity contribution in [2.24, 2.45) is 10.8 Å². The summed E-state index contributed by atoms with van der Waals surface area (Å²) in [4.78, 5) is 11.3. The third-order valence-corrected chi connectivity index (χ3v) is 5.20. The molecule has 0 aromatic rings. The molecule has 1 N–H and O–H groups in total. The van der Waals surface area contributed by atoms with E-state index in [1.54, 1.807) is 12.2 Å². The summed E-state index contributed by atoms with van der Waals surface area (Å²) in [7, 11) is 0. The highest BCUT2D eigenvalue weighted by Crippen LogP contribution is 2.36. The minimum atomic E-state index is -0.901. The van der Waals surface area contributed by atoms with Crippen LogP contribution in [0.25, 0.3) is 0 Å². The largest absolute Gasteiger partial charge is 0.478 e. The number of hydrogen-bond donors (Lipinski definition) is 1. The summed E-state index contributed by atoms with van der Waals surface area (Å²) in [6.45, 7) is 26.4. The van der Waals surface area contributed by atoms with E-state index in [1.165, 1.54) is 11.1 Å². The maximum Gasteiger partial charge on any atom is 0.335 e. The van der Waals surface area contributed by atoms with E-state index in [9.17, 15) is 9.90 Å². The average molecular weight is 409 g/mol. The Bertz CT molecular complexity index is 853. The molecule has 1 aliphatic rings. The van der Waals surface area contributed by atoms with Gasteiger partial charge in [-0.3, -0.25) is 0 Å². The van der Waals surface area contributed by atoms with Crippen LogP contribution in [-0.2, 0) is 4.79 Å². The van der Waals surface area contributed by atoms with Gasteiger partial charge in [-0.25, -0.2) is 4.79 Å². The van der Waals surface area contributed by atoms with Crippen molar-refractivity contribution in [2.75, 3.05) is 0 Å². The zero-order valence-corrected chi connectivity index (χ0v) is 20.3. The minimum absolute atomic E-state index is 0.0266. The van der Waals surface area contributed by atoms with Crippen molar-refractivity contribution in [2.45, 2.75) is 74.7 Å². The van der Waals surface area contributed by atoms with Gasteiger partial charge in [-0.15, -0.1) is 0 Å². The van der Waals surface area contributed by atoms with E-state index < -0.39 is 5.97 Å². The van der Waals surface area contributed by atoms with Gasteiger partial charge in [0.15, 0.2) is 0 Å². The minimum Gasteiger partial charge on any atom is -0.478 e. The first kappa shape index (κ1) is 25.7. The molecule has 0 saturated carbocycles. The normalized spacial score (nSPS) is 18.5. The Morgan fingerprint density at radius 3 is 1.97 bits per heavy atom. The maximum absolute atomic E-state index is 11.3. The molecule has 0 heterocycles. The van der Waals surface area contributed by atoms with Crippen LogP contribution in [-0.4, -0.2) is 11.1 Å². The van der Waals surface area contributed by atoms with Gasteiger partial charge >= 0.3 is 5.97 Å². The van der Waals surface area contributed by atoms with E-state index in [4.69, 9.17) is 0 Å². The van der Waals surface area contributed by atoms with E-state index in [0.29, 0.717) is 12.0 Å². The number of allylic oxidation sites excluding steroid dienone is 10. The molecule has 0 spiro atoms. The van der Waals surface area contributed by atoms with E-state index >= 15 is 0 Å². The molecule has 164 valence electrons. The van der Waals surface area contributed by atoms with Crippen molar-refractivity contribution in [3.05, 3.63) is 82.5 Å². The number of hydrogen-bond acceptors (Lipinski definition) is 1. The Balaban J connectivity index is 3.25. The molecule has 0 aromatic carbocycles. The van der Waals surface area contributed by atoms with Crippen LogP contribution in [0.1, 0.15) is 74.7 Å². The molecule has 1 rings (SSSR count). The Kier molecular flexibility index (Phi) is 8.65. The quantitative estimate of drug-likeness (QED) is 0.450. The summed E-state index contributed by atoms with van der Waals surface area (Å²) in [6.07, 6.45) is 12.1. The zero-order valence-electron chi connectivity index (χ0n) is 20.3. The molecule has 30 heavy (non-hydrogen) atoms. The van der Waals surface area contributed by atoms with E-state index in [1.807, 2.05) is 6.08 Å². The first-order valence-electron chi connectivity index (χ1n) is 10.7. The Labute approximate surface area is 184 Å². The summed E-state index contributed by atoms with van der Waals surface area (Å²) in [5, 5.41) is 9.29. The van der Waals surface area contributed by atoms with Gasteiger partial charge in [0.1, 0.15) is 0 Å². The summed E-state index contributed by atoms with van der Waals surface area (Å²) in [5.74, 6) is -0.901. The SMILES string of the molecule is C=C(C(=C)/C(C)=C\C(=C(/C)CC(C)(C)C)C(C)(C)C)C1=CCC/C=C(\C(=O)O)C=C1. The molecule has 0 unspecified atom stereocenters. The Morgan fingerprint density at radius 1 is 1.00 bits per heavy atom. The van der Waals surface area contributed by atoms with E-state index in [-0.39, 0.29) is 10.8 Å². The van der Waals surface area contributed by atoms with Gasteiger partial charge in [0.05, 0.1) is 5.57 Å². The maximum atomic E-state index is 11.3. The molecular weight excluding hydrogens is 368 g/mol. The lowest BCUT2D eigenvalue weighted by Crippen LogP contribution is -2.14. The second-order valence-corrected chi connectivity index (χ2v) is 10.5. The molecule has 0 fully saturated rings. The Morgan fingerprint density at radius 2 is 1.50 bits per heavy atom. The van der Waals surface area contributed by atoms with E-state index in [2.05, 4.69) is 80.7 Å². The van der Waals surface area contributed by atoms with Crippen LogP contribution in [0, 0.1) is 10.8 Å². The van der Waals surface area contributed by atoms with Gasteiger partial charge in [0.2, 0.25) is 0 Å². The molecular formula is C28H40O2. The van der Waals surface area contributed by atoms with Crippen molar-refractivity contribution >= 4 is 5.97 Å². The molecule has 2 nitrogen and oxygen atoms in total. The van der Waals surface area contributed by atoms with Crippen LogP contribution in [0.4, 0.5) is 0 Å². The van der Waals surface area contributed by atoms with Crippen LogP contribution in [0.5, 0.6) is 0 Å². The lowest BCUT2D eigenvalue weighted by molar-refractivity contribution is -0.132. The second-order valence-electron chi connectivity index (χ2n) is 10.5. The lowest BCUT2D eigenvalue weighted by Gasteiger charge is -2.28. The highest BCUT2D eigenvalue weighted by molar-refractivity contribution is 5.90. The monoisotopic (exact) mass is 408 g/mol. The lowest BCUT2D eigenvalue weighted by atomic mass is 9.77. The smallest absolute Gasteiger partial charge is 0.335 e.